The summed E-state index contributed by atoms with van der Waals surface area (Å²) in [6.07, 6.45) is 9.90. The van der Waals surface area contributed by atoms with Crippen molar-refractivity contribution in [2.45, 2.75) is 17.7 Å². The summed E-state index contributed by atoms with van der Waals surface area (Å²) < 4.78 is 0. The van der Waals surface area contributed by atoms with Gasteiger partial charge in [-0.25, -0.2) is 0 Å². The molecule has 0 aliphatic heterocycles. The molecule has 0 bridgehead atoms. The van der Waals surface area contributed by atoms with Crippen LogP contribution in [0.25, 0.3) is 0 Å². The Morgan fingerprint density at radius 2 is 1.94 bits per heavy atom. The zero-order chi connectivity index (χ0) is 12.4. The molecule has 1 aromatic carbocycles. The SMILES string of the molecule is CSc1cc(O)c(C(C)=O)c(C2C=CC=C2)c1. The predicted molar refractivity (Wildman–Crippen MR) is 70.9 cm³/mol. The van der Waals surface area contributed by atoms with E-state index in [0.717, 1.165) is 10.5 Å². The van der Waals surface area contributed by atoms with Crippen LogP contribution >= 0.6 is 11.8 Å². The fraction of sp³-hybridized carbons (Fsp3) is 0.214. The average molecular weight is 246 g/mol. The van der Waals surface area contributed by atoms with Gasteiger partial charge in [-0.05, 0) is 30.9 Å². The van der Waals surface area contributed by atoms with Gasteiger partial charge in [0.25, 0.3) is 0 Å². The Balaban J connectivity index is 2.60. The molecular formula is C14H14O2S. The van der Waals surface area contributed by atoms with Crippen LogP contribution in [0.4, 0.5) is 0 Å². The standard InChI is InChI=1S/C14H14O2S/c1-9(15)14-12(10-5-3-4-6-10)7-11(17-2)8-13(14)16/h3-8,10,16H,1-2H3. The van der Waals surface area contributed by atoms with E-state index >= 15 is 0 Å². The molecule has 0 saturated heterocycles. The number of thioether (sulfide) groups is 1. The van der Waals surface area contributed by atoms with Gasteiger partial charge in [-0.2, -0.15) is 0 Å². The van der Waals surface area contributed by atoms with Crippen molar-refractivity contribution in [3.05, 3.63) is 47.6 Å². The zero-order valence-electron chi connectivity index (χ0n) is 9.81. The monoisotopic (exact) mass is 246 g/mol. The molecule has 0 spiro atoms. The molecule has 0 amide bonds. The lowest BCUT2D eigenvalue weighted by Gasteiger charge is -2.14. The first-order valence-corrected chi connectivity index (χ1v) is 6.62. The molecule has 0 fully saturated rings. The molecule has 0 radical (unpaired) electrons. The summed E-state index contributed by atoms with van der Waals surface area (Å²) in [4.78, 5) is 12.6. The van der Waals surface area contributed by atoms with Crippen molar-refractivity contribution in [1.29, 1.82) is 0 Å². The number of carbonyl (C=O) groups is 1. The molecule has 2 nitrogen and oxygen atoms in total. The van der Waals surface area contributed by atoms with Crippen molar-refractivity contribution >= 4 is 17.5 Å². The molecule has 1 N–H and O–H groups in total. The number of hydrogen-bond acceptors (Lipinski definition) is 3. The number of allylic oxidation sites excluding steroid dienone is 4. The van der Waals surface area contributed by atoms with Gasteiger partial charge in [-0.3, -0.25) is 4.79 Å². The largest absolute Gasteiger partial charge is 0.507 e. The van der Waals surface area contributed by atoms with Gasteiger partial charge in [0.15, 0.2) is 5.78 Å². The maximum absolute atomic E-state index is 11.6. The third kappa shape index (κ3) is 2.29. The Kier molecular flexibility index (Phi) is 3.38. The number of phenols is 1. The number of Topliss-reactive ketones (excluding diaryl/α,β-unsaturated/α-hetero) is 1. The summed E-state index contributed by atoms with van der Waals surface area (Å²) in [5, 5.41) is 9.95. The number of hydrogen-bond donors (Lipinski definition) is 1. The van der Waals surface area contributed by atoms with Gasteiger partial charge in [-0.1, -0.05) is 24.3 Å². The van der Waals surface area contributed by atoms with E-state index < -0.39 is 0 Å². The molecule has 88 valence electrons. The van der Waals surface area contributed by atoms with E-state index in [4.69, 9.17) is 0 Å². The second-order valence-corrected chi connectivity index (χ2v) is 4.84. The van der Waals surface area contributed by atoms with Gasteiger partial charge in [0.05, 0.1) is 5.56 Å². The van der Waals surface area contributed by atoms with Crippen molar-refractivity contribution in [2.75, 3.05) is 6.26 Å². The van der Waals surface area contributed by atoms with Gasteiger partial charge in [0.2, 0.25) is 0 Å². The molecule has 1 aliphatic carbocycles. The van der Waals surface area contributed by atoms with Crippen molar-refractivity contribution in [3.63, 3.8) is 0 Å². The topological polar surface area (TPSA) is 37.3 Å². The minimum Gasteiger partial charge on any atom is -0.507 e. The van der Waals surface area contributed by atoms with Gasteiger partial charge >= 0.3 is 0 Å². The minimum absolute atomic E-state index is 0.0769. The maximum atomic E-state index is 11.6. The second-order valence-electron chi connectivity index (χ2n) is 3.96. The first-order chi connectivity index (χ1) is 8.13. The number of phenolic OH excluding ortho intramolecular Hbond substituents is 1. The number of carbonyl (C=O) groups excluding carboxylic acids is 1. The lowest BCUT2D eigenvalue weighted by molar-refractivity contribution is 0.101. The summed E-state index contributed by atoms with van der Waals surface area (Å²) in [6, 6.07) is 3.62. The highest BCUT2D eigenvalue weighted by atomic mass is 32.2. The van der Waals surface area contributed by atoms with Crippen LogP contribution in [0.3, 0.4) is 0 Å². The molecule has 0 aromatic heterocycles. The van der Waals surface area contributed by atoms with E-state index in [9.17, 15) is 9.90 Å². The summed E-state index contributed by atoms with van der Waals surface area (Å²) >= 11 is 1.56. The van der Waals surface area contributed by atoms with E-state index in [0.29, 0.717) is 5.56 Å². The van der Waals surface area contributed by atoms with Gasteiger partial charge < -0.3 is 5.11 Å². The fourth-order valence-corrected chi connectivity index (χ4v) is 2.50. The Hall–Kier alpha value is -1.48. The second kappa shape index (κ2) is 4.80. The highest BCUT2D eigenvalue weighted by Gasteiger charge is 2.19. The number of rotatable bonds is 3. The van der Waals surface area contributed by atoms with Crippen LogP contribution in [0.5, 0.6) is 5.75 Å². The van der Waals surface area contributed by atoms with Crippen LogP contribution in [0.2, 0.25) is 0 Å². The highest BCUT2D eigenvalue weighted by Crippen LogP contribution is 2.35. The third-order valence-electron chi connectivity index (χ3n) is 2.82. The van der Waals surface area contributed by atoms with Crippen LogP contribution in [0.15, 0.2) is 41.3 Å². The van der Waals surface area contributed by atoms with Crippen LogP contribution in [0.1, 0.15) is 28.8 Å². The van der Waals surface area contributed by atoms with Crippen molar-refractivity contribution in [2.24, 2.45) is 0 Å². The Morgan fingerprint density at radius 3 is 2.47 bits per heavy atom. The molecule has 0 atom stereocenters. The number of benzene rings is 1. The zero-order valence-corrected chi connectivity index (χ0v) is 10.6. The van der Waals surface area contributed by atoms with Crippen LogP contribution in [-0.4, -0.2) is 17.1 Å². The van der Waals surface area contributed by atoms with Crippen molar-refractivity contribution < 1.29 is 9.90 Å². The predicted octanol–water partition coefficient (Wildman–Crippen LogP) is 3.53. The smallest absolute Gasteiger partial charge is 0.163 e. The summed E-state index contributed by atoms with van der Waals surface area (Å²) in [5.41, 5.74) is 1.32. The summed E-state index contributed by atoms with van der Waals surface area (Å²) in [7, 11) is 0. The molecule has 17 heavy (non-hydrogen) atoms. The van der Waals surface area contributed by atoms with Crippen LogP contribution < -0.4 is 0 Å². The summed E-state index contributed by atoms with van der Waals surface area (Å²) in [5.74, 6) is 0.0683. The molecule has 0 heterocycles. The number of aromatic hydroxyl groups is 1. The quantitative estimate of drug-likeness (QED) is 0.655. The summed E-state index contributed by atoms with van der Waals surface area (Å²) in [6.45, 7) is 1.49. The van der Waals surface area contributed by atoms with E-state index in [1.54, 1.807) is 17.8 Å². The minimum atomic E-state index is -0.0983. The van der Waals surface area contributed by atoms with Gasteiger partial charge in [0, 0.05) is 10.8 Å². The number of ketones is 1. The van der Waals surface area contributed by atoms with Crippen LogP contribution in [-0.2, 0) is 0 Å². The molecule has 0 saturated carbocycles. The highest BCUT2D eigenvalue weighted by molar-refractivity contribution is 7.98. The molecule has 0 unspecified atom stereocenters. The molecule has 3 heteroatoms. The van der Waals surface area contributed by atoms with E-state index in [2.05, 4.69) is 0 Å². The average Bonchev–Trinajstić information content (AvgIpc) is 2.80. The Morgan fingerprint density at radius 1 is 1.29 bits per heavy atom. The van der Waals surface area contributed by atoms with Gasteiger partial charge in [-0.15, -0.1) is 11.8 Å². The third-order valence-corrected chi connectivity index (χ3v) is 3.52. The van der Waals surface area contributed by atoms with Crippen molar-refractivity contribution in [1.82, 2.24) is 0 Å². The van der Waals surface area contributed by atoms with Crippen LogP contribution in [0, 0.1) is 0 Å². The fourth-order valence-electron chi connectivity index (χ4n) is 2.03. The lowest BCUT2D eigenvalue weighted by atomic mass is 9.93. The Bertz CT molecular complexity index is 503. The maximum Gasteiger partial charge on any atom is 0.163 e. The normalized spacial score (nSPS) is 14.5. The first kappa shape index (κ1) is 12.0. The van der Waals surface area contributed by atoms with E-state index in [1.165, 1.54) is 6.92 Å². The van der Waals surface area contributed by atoms with Gasteiger partial charge in [0.1, 0.15) is 5.75 Å². The molecule has 1 aromatic rings. The Labute approximate surface area is 105 Å². The first-order valence-electron chi connectivity index (χ1n) is 5.40. The molecular weight excluding hydrogens is 232 g/mol. The van der Waals surface area contributed by atoms with E-state index in [1.807, 2.05) is 36.6 Å². The van der Waals surface area contributed by atoms with E-state index in [-0.39, 0.29) is 17.5 Å². The lowest BCUT2D eigenvalue weighted by Crippen LogP contribution is -2.03. The molecule has 2 rings (SSSR count). The van der Waals surface area contributed by atoms with Crippen molar-refractivity contribution in [3.8, 4) is 5.75 Å². The molecule has 1 aliphatic rings.